The van der Waals surface area contributed by atoms with Gasteiger partial charge in [0.25, 0.3) is 6.47 Å². The third kappa shape index (κ3) is 4.60. The Morgan fingerprint density at radius 1 is 1.17 bits per heavy atom. The van der Waals surface area contributed by atoms with Gasteiger partial charge in [0.1, 0.15) is 12.4 Å². The molecule has 2 aliphatic rings. The zero-order chi connectivity index (χ0) is 21.5. The standard InChI is InChI=1S/C21H22N2O4.CH2O2/c24-10-11-27-19-5-2-1-4-16(19)17-13-20(25)22-18-12-14(7-8-15(17)18)23-9-3-6-21(23)26;2-1-3/h1-2,4-5,7-8,12,17,24H,3,6,9-11,13H2,(H,22,25);1H,(H,2,3). The number of anilines is 2. The minimum Gasteiger partial charge on any atom is -0.491 e. The van der Waals surface area contributed by atoms with Crippen LogP contribution in [0.25, 0.3) is 0 Å². The molecule has 0 bridgehead atoms. The number of nitrogens with one attached hydrogen (secondary N) is 1. The zero-order valence-corrected chi connectivity index (χ0v) is 16.4. The molecule has 3 N–H and O–H groups in total. The highest BCUT2D eigenvalue weighted by Crippen LogP contribution is 2.42. The normalized spacial score (nSPS) is 17.5. The Morgan fingerprint density at radius 2 is 1.93 bits per heavy atom. The van der Waals surface area contributed by atoms with Gasteiger partial charge in [-0.1, -0.05) is 24.3 Å². The molecule has 0 radical (unpaired) electrons. The van der Waals surface area contributed by atoms with Gasteiger partial charge in [-0.15, -0.1) is 0 Å². The second-order valence-corrected chi connectivity index (χ2v) is 6.94. The number of benzene rings is 2. The molecule has 2 aliphatic heterocycles. The quantitative estimate of drug-likeness (QED) is 0.649. The van der Waals surface area contributed by atoms with E-state index >= 15 is 0 Å². The van der Waals surface area contributed by atoms with Gasteiger partial charge < -0.3 is 25.2 Å². The number of carbonyl (C=O) groups excluding carboxylic acids is 2. The Morgan fingerprint density at radius 3 is 2.63 bits per heavy atom. The molecule has 2 aromatic rings. The number of aliphatic hydroxyl groups excluding tert-OH is 1. The smallest absolute Gasteiger partial charge is 0.290 e. The number of amides is 2. The van der Waals surface area contributed by atoms with Crippen LogP contribution in [0.3, 0.4) is 0 Å². The van der Waals surface area contributed by atoms with E-state index in [1.165, 1.54) is 0 Å². The number of ether oxygens (including phenoxy) is 1. The molecule has 0 aromatic heterocycles. The molecular weight excluding hydrogens is 388 g/mol. The van der Waals surface area contributed by atoms with Gasteiger partial charge in [0.2, 0.25) is 11.8 Å². The van der Waals surface area contributed by atoms with Crippen molar-refractivity contribution in [1.29, 1.82) is 0 Å². The lowest BCUT2D eigenvalue weighted by molar-refractivity contribution is -0.123. The van der Waals surface area contributed by atoms with Crippen molar-refractivity contribution < 1.29 is 29.3 Å². The van der Waals surface area contributed by atoms with Gasteiger partial charge in [-0.05, 0) is 30.2 Å². The summed E-state index contributed by atoms with van der Waals surface area (Å²) < 4.78 is 5.67. The van der Waals surface area contributed by atoms with E-state index < -0.39 is 0 Å². The van der Waals surface area contributed by atoms with Crippen molar-refractivity contribution in [1.82, 2.24) is 0 Å². The topological polar surface area (TPSA) is 116 Å². The highest BCUT2D eigenvalue weighted by atomic mass is 16.5. The zero-order valence-electron chi connectivity index (χ0n) is 16.4. The van der Waals surface area contributed by atoms with Crippen molar-refractivity contribution in [3.63, 3.8) is 0 Å². The van der Waals surface area contributed by atoms with Crippen LogP contribution in [0.4, 0.5) is 11.4 Å². The van der Waals surface area contributed by atoms with Crippen LogP contribution in [0.1, 0.15) is 36.3 Å². The fourth-order valence-electron chi connectivity index (χ4n) is 3.87. The summed E-state index contributed by atoms with van der Waals surface area (Å²) in [6, 6.07) is 13.4. The van der Waals surface area contributed by atoms with Gasteiger partial charge in [0.15, 0.2) is 0 Å². The van der Waals surface area contributed by atoms with Crippen LogP contribution in [0.2, 0.25) is 0 Å². The molecular formula is C22H24N2O6. The molecule has 30 heavy (non-hydrogen) atoms. The maximum absolute atomic E-state index is 12.4. The molecule has 2 aromatic carbocycles. The summed E-state index contributed by atoms with van der Waals surface area (Å²) >= 11 is 0. The monoisotopic (exact) mass is 412 g/mol. The second-order valence-electron chi connectivity index (χ2n) is 6.94. The number of nitrogens with zero attached hydrogens (tertiary/aromatic N) is 1. The SMILES string of the molecule is O=C1CC(c2ccccc2OCCO)c2ccc(N3CCCC3=O)cc2N1.O=CO. The molecule has 2 heterocycles. The predicted molar refractivity (Wildman–Crippen MR) is 111 cm³/mol. The van der Waals surface area contributed by atoms with Crippen LogP contribution >= 0.6 is 0 Å². The van der Waals surface area contributed by atoms with Crippen LogP contribution in [-0.4, -0.2) is 48.3 Å². The van der Waals surface area contributed by atoms with Gasteiger partial charge in [-0.25, -0.2) is 0 Å². The van der Waals surface area contributed by atoms with Gasteiger partial charge in [0, 0.05) is 42.2 Å². The van der Waals surface area contributed by atoms with E-state index in [0.717, 1.165) is 28.9 Å². The molecule has 4 rings (SSSR count). The number of rotatable bonds is 5. The second kappa shape index (κ2) is 9.89. The first-order chi connectivity index (χ1) is 14.6. The number of fused-ring (bicyclic) bond motifs is 1. The van der Waals surface area contributed by atoms with Crippen molar-refractivity contribution >= 4 is 29.7 Å². The molecule has 1 unspecified atom stereocenters. The summed E-state index contributed by atoms with van der Waals surface area (Å²) in [7, 11) is 0. The van der Waals surface area contributed by atoms with E-state index in [9.17, 15) is 9.59 Å². The summed E-state index contributed by atoms with van der Waals surface area (Å²) in [5.41, 5.74) is 3.49. The third-order valence-electron chi connectivity index (χ3n) is 5.10. The van der Waals surface area contributed by atoms with Gasteiger partial charge in [-0.2, -0.15) is 0 Å². The Bertz CT molecular complexity index is 930. The molecule has 8 nitrogen and oxygen atoms in total. The first-order valence-electron chi connectivity index (χ1n) is 9.73. The van der Waals surface area contributed by atoms with Crippen molar-refractivity contribution in [2.75, 3.05) is 30.0 Å². The molecule has 1 fully saturated rings. The van der Waals surface area contributed by atoms with Gasteiger partial charge in [0.05, 0.1) is 6.61 Å². The van der Waals surface area contributed by atoms with Gasteiger partial charge in [-0.3, -0.25) is 14.4 Å². The molecule has 158 valence electrons. The molecule has 2 amide bonds. The minimum absolute atomic E-state index is 0.0608. The third-order valence-corrected chi connectivity index (χ3v) is 5.10. The molecule has 0 spiro atoms. The number of hydrogen-bond acceptors (Lipinski definition) is 5. The van der Waals surface area contributed by atoms with Crippen molar-refractivity contribution in [3.05, 3.63) is 53.6 Å². The van der Waals surface area contributed by atoms with Crippen LogP contribution in [0.15, 0.2) is 42.5 Å². The summed E-state index contributed by atoms with van der Waals surface area (Å²) in [6.07, 6.45) is 1.76. The lowest BCUT2D eigenvalue weighted by Crippen LogP contribution is -2.26. The first-order valence-corrected chi connectivity index (χ1v) is 9.73. The van der Waals surface area contributed by atoms with E-state index in [-0.39, 0.29) is 37.4 Å². The Balaban J connectivity index is 0.000000806. The Kier molecular flexibility index (Phi) is 7.03. The maximum Gasteiger partial charge on any atom is 0.290 e. The predicted octanol–water partition coefficient (Wildman–Crippen LogP) is 2.36. The Hall–Kier alpha value is -3.39. The molecule has 0 saturated carbocycles. The first kappa shape index (κ1) is 21.3. The lowest BCUT2D eigenvalue weighted by atomic mass is 9.84. The highest BCUT2D eigenvalue weighted by Gasteiger charge is 2.30. The van der Waals surface area contributed by atoms with Crippen LogP contribution in [-0.2, 0) is 14.4 Å². The fraction of sp³-hybridized carbons (Fsp3) is 0.318. The molecule has 1 saturated heterocycles. The van der Waals surface area contributed by atoms with E-state index in [4.69, 9.17) is 19.7 Å². The van der Waals surface area contributed by atoms with E-state index in [1.807, 2.05) is 42.5 Å². The minimum atomic E-state index is -0.250. The number of para-hydroxylation sites is 1. The van der Waals surface area contributed by atoms with Crippen LogP contribution in [0, 0.1) is 0 Å². The van der Waals surface area contributed by atoms with Crippen molar-refractivity contribution in [3.8, 4) is 5.75 Å². The highest BCUT2D eigenvalue weighted by molar-refractivity contribution is 5.99. The van der Waals surface area contributed by atoms with Crippen molar-refractivity contribution in [2.45, 2.75) is 25.2 Å². The fourth-order valence-corrected chi connectivity index (χ4v) is 3.87. The number of hydrogen-bond donors (Lipinski definition) is 3. The summed E-state index contributed by atoms with van der Waals surface area (Å²) in [5.74, 6) is 0.605. The average Bonchev–Trinajstić information content (AvgIpc) is 3.18. The van der Waals surface area contributed by atoms with E-state index in [2.05, 4.69) is 5.32 Å². The maximum atomic E-state index is 12.4. The van der Waals surface area contributed by atoms with Gasteiger partial charge >= 0.3 is 0 Å². The van der Waals surface area contributed by atoms with Crippen LogP contribution in [0.5, 0.6) is 5.75 Å². The molecule has 0 aliphatic carbocycles. The summed E-state index contributed by atoms with van der Waals surface area (Å²) in [5, 5.41) is 18.9. The number of aliphatic hydroxyl groups is 1. The lowest BCUT2D eigenvalue weighted by Gasteiger charge is -2.28. The summed E-state index contributed by atoms with van der Waals surface area (Å²) in [6.45, 7) is 0.606. The van der Waals surface area contributed by atoms with E-state index in [0.29, 0.717) is 25.1 Å². The molecule has 1 atom stereocenters. The Labute approximate surface area is 174 Å². The van der Waals surface area contributed by atoms with E-state index in [1.54, 1.807) is 4.90 Å². The number of carboxylic acid groups (broad SMARTS) is 1. The average molecular weight is 412 g/mol. The summed E-state index contributed by atoms with van der Waals surface area (Å²) in [4.78, 5) is 34.5. The largest absolute Gasteiger partial charge is 0.491 e. The number of carbonyl (C=O) groups is 3. The van der Waals surface area contributed by atoms with Crippen molar-refractivity contribution in [2.24, 2.45) is 0 Å². The van der Waals surface area contributed by atoms with Crippen LogP contribution < -0.4 is 15.0 Å². The molecule has 8 heteroatoms.